The average Bonchev–Trinajstić information content (AvgIpc) is 3.28. The van der Waals surface area contributed by atoms with E-state index in [-0.39, 0.29) is 28.6 Å². The van der Waals surface area contributed by atoms with Gasteiger partial charge in [0.1, 0.15) is 17.6 Å². The molecule has 0 saturated heterocycles. The molecule has 0 amide bonds. The van der Waals surface area contributed by atoms with Crippen molar-refractivity contribution in [3.8, 4) is 11.5 Å². The topological polar surface area (TPSA) is 66.8 Å². The maximum Gasteiger partial charge on any atom is 0.338 e. The summed E-state index contributed by atoms with van der Waals surface area (Å²) in [6.45, 7) is 9.74. The van der Waals surface area contributed by atoms with E-state index < -0.39 is 5.97 Å². The van der Waals surface area contributed by atoms with Crippen molar-refractivity contribution in [2.24, 2.45) is 46.8 Å². The minimum Gasteiger partial charge on any atom is -0.508 e. The second kappa shape index (κ2) is 10.7. The maximum atomic E-state index is 12.7. The number of rotatable bonds is 7. The summed E-state index contributed by atoms with van der Waals surface area (Å²) in [5.74, 6) is 5.34. The molecule has 4 nitrogen and oxygen atoms in total. The number of allylic oxidation sites excluding steroid dienone is 1. The number of hydrogen-bond acceptors (Lipinski definition) is 4. The maximum absolute atomic E-state index is 12.7. The Hall–Kier alpha value is -1.97. The molecule has 0 aromatic heterocycles. The smallest absolute Gasteiger partial charge is 0.338 e. The van der Waals surface area contributed by atoms with Gasteiger partial charge in [-0.1, -0.05) is 58.6 Å². The van der Waals surface area contributed by atoms with E-state index in [9.17, 15) is 15.0 Å². The summed E-state index contributed by atoms with van der Waals surface area (Å²) in [4.78, 5) is 12.7. The van der Waals surface area contributed by atoms with Crippen LogP contribution < -0.4 is 0 Å². The Labute approximate surface area is 223 Å². The normalized spacial score (nSPS) is 35.8. The van der Waals surface area contributed by atoms with Crippen LogP contribution in [0.3, 0.4) is 0 Å². The number of aromatic hydroxyl groups is 2. The van der Waals surface area contributed by atoms with Gasteiger partial charge in [-0.3, -0.25) is 0 Å². The van der Waals surface area contributed by atoms with Crippen molar-refractivity contribution in [2.45, 2.75) is 104 Å². The van der Waals surface area contributed by atoms with Crippen LogP contribution in [0.15, 0.2) is 29.8 Å². The predicted molar refractivity (Wildman–Crippen MR) is 147 cm³/mol. The van der Waals surface area contributed by atoms with E-state index in [1.807, 2.05) is 0 Å². The van der Waals surface area contributed by atoms with E-state index in [4.69, 9.17) is 4.74 Å². The van der Waals surface area contributed by atoms with Gasteiger partial charge in [-0.2, -0.15) is 0 Å². The van der Waals surface area contributed by atoms with Gasteiger partial charge in [0.05, 0.1) is 5.56 Å². The lowest BCUT2D eigenvalue weighted by Crippen LogP contribution is -2.48. The van der Waals surface area contributed by atoms with Crippen LogP contribution in [0.25, 0.3) is 0 Å². The summed E-state index contributed by atoms with van der Waals surface area (Å²) in [5, 5.41) is 19.5. The average molecular weight is 509 g/mol. The van der Waals surface area contributed by atoms with Gasteiger partial charge >= 0.3 is 5.97 Å². The molecule has 4 heteroatoms. The van der Waals surface area contributed by atoms with Crippen LogP contribution in [0.4, 0.5) is 0 Å². The van der Waals surface area contributed by atoms with Crippen LogP contribution in [0.1, 0.15) is 109 Å². The molecular formula is C33H48O4. The fourth-order valence-electron chi connectivity index (χ4n) is 9.13. The minimum absolute atomic E-state index is 0.126. The van der Waals surface area contributed by atoms with Crippen molar-refractivity contribution < 1.29 is 19.7 Å². The van der Waals surface area contributed by atoms with Crippen molar-refractivity contribution in [2.75, 3.05) is 0 Å². The fourth-order valence-corrected chi connectivity index (χ4v) is 9.13. The number of phenolic OH excluding ortho intramolecular Hbond substituents is 2. The molecule has 5 rings (SSSR count). The van der Waals surface area contributed by atoms with E-state index >= 15 is 0 Å². The minimum atomic E-state index is -0.464. The van der Waals surface area contributed by atoms with Crippen molar-refractivity contribution in [1.29, 1.82) is 0 Å². The number of carbonyl (C=O) groups excluding carboxylic acids is 1. The lowest BCUT2D eigenvalue weighted by atomic mass is 9.50. The highest BCUT2D eigenvalue weighted by Gasteiger charge is 2.54. The standard InChI is InChI=1S/C33H48O4/c1-20(2)6-5-7-21(3)27-10-11-29-28(27)12-13-31-30(29)9-8-23-18-26(14-15-33(23,31)4)37-32(36)22-16-24(34)19-25(35)17-22/h8,16-17,19-21,26-31,34-35H,5-7,9-15,18H2,1-4H3. The molecule has 3 fully saturated rings. The third kappa shape index (κ3) is 5.32. The van der Waals surface area contributed by atoms with Crippen LogP contribution in [0.5, 0.6) is 11.5 Å². The molecule has 0 bridgehead atoms. The summed E-state index contributed by atoms with van der Waals surface area (Å²) in [6, 6.07) is 3.94. The second-order valence-corrected chi connectivity index (χ2v) is 13.6. The Morgan fingerprint density at radius 1 is 0.973 bits per heavy atom. The van der Waals surface area contributed by atoms with Crippen LogP contribution in [-0.4, -0.2) is 22.3 Å². The molecule has 8 unspecified atom stereocenters. The van der Waals surface area contributed by atoms with Gasteiger partial charge in [0, 0.05) is 12.5 Å². The zero-order valence-corrected chi connectivity index (χ0v) is 23.4. The zero-order valence-electron chi connectivity index (χ0n) is 23.4. The van der Waals surface area contributed by atoms with E-state index in [2.05, 4.69) is 33.8 Å². The highest BCUT2D eigenvalue weighted by atomic mass is 16.5. The third-order valence-corrected chi connectivity index (χ3v) is 11.0. The van der Waals surface area contributed by atoms with E-state index in [0.717, 1.165) is 60.7 Å². The first kappa shape index (κ1) is 26.6. The third-order valence-electron chi connectivity index (χ3n) is 11.0. The van der Waals surface area contributed by atoms with Gasteiger partial charge in [0.15, 0.2) is 0 Å². The van der Waals surface area contributed by atoms with Crippen molar-refractivity contribution in [3.05, 3.63) is 35.4 Å². The molecular weight excluding hydrogens is 460 g/mol. The predicted octanol–water partition coefficient (Wildman–Crippen LogP) is 8.27. The molecule has 0 heterocycles. The first-order valence-corrected chi connectivity index (χ1v) is 15.1. The molecule has 1 aromatic carbocycles. The largest absolute Gasteiger partial charge is 0.508 e. The summed E-state index contributed by atoms with van der Waals surface area (Å²) in [6.07, 6.45) is 16.2. The lowest BCUT2D eigenvalue weighted by molar-refractivity contribution is -0.0240. The zero-order chi connectivity index (χ0) is 26.3. The SMILES string of the molecule is CC(C)CCCC(C)C1CCC2C1CCC1C2CC=C2CC(OC(=O)c3cc(O)cc(O)c3)CCC21C. The molecule has 204 valence electrons. The Kier molecular flexibility index (Phi) is 7.67. The van der Waals surface area contributed by atoms with Gasteiger partial charge in [0.2, 0.25) is 0 Å². The number of benzene rings is 1. The number of esters is 1. The Balaban J connectivity index is 1.22. The highest BCUT2D eigenvalue weighted by Crippen LogP contribution is 2.63. The quantitative estimate of drug-likeness (QED) is 0.287. The molecule has 0 spiro atoms. The Morgan fingerprint density at radius 3 is 2.43 bits per heavy atom. The molecule has 8 atom stereocenters. The highest BCUT2D eigenvalue weighted by molar-refractivity contribution is 5.90. The van der Waals surface area contributed by atoms with E-state index in [1.54, 1.807) is 0 Å². The van der Waals surface area contributed by atoms with E-state index in [0.29, 0.717) is 0 Å². The second-order valence-electron chi connectivity index (χ2n) is 13.6. The first-order valence-electron chi connectivity index (χ1n) is 15.1. The van der Waals surface area contributed by atoms with Crippen molar-refractivity contribution in [3.63, 3.8) is 0 Å². The van der Waals surface area contributed by atoms with E-state index in [1.165, 1.54) is 75.1 Å². The number of hydrogen-bond donors (Lipinski definition) is 2. The molecule has 0 radical (unpaired) electrons. The van der Waals surface area contributed by atoms with Gasteiger partial charge in [0.25, 0.3) is 0 Å². The summed E-state index contributed by atoms with van der Waals surface area (Å²) < 4.78 is 5.87. The van der Waals surface area contributed by atoms with Crippen LogP contribution >= 0.6 is 0 Å². The summed E-state index contributed by atoms with van der Waals surface area (Å²) >= 11 is 0. The van der Waals surface area contributed by atoms with Gasteiger partial charge in [-0.05, 0) is 104 Å². The van der Waals surface area contributed by atoms with Crippen LogP contribution in [-0.2, 0) is 4.74 Å². The number of carbonyl (C=O) groups is 1. The van der Waals surface area contributed by atoms with Crippen LogP contribution in [0, 0.1) is 46.8 Å². The van der Waals surface area contributed by atoms with Gasteiger partial charge in [-0.25, -0.2) is 4.79 Å². The molecule has 3 saturated carbocycles. The molecule has 1 aromatic rings. The Morgan fingerprint density at radius 2 is 1.70 bits per heavy atom. The first-order chi connectivity index (χ1) is 17.7. The Bertz CT molecular complexity index is 991. The van der Waals surface area contributed by atoms with Gasteiger partial charge < -0.3 is 14.9 Å². The molecule has 37 heavy (non-hydrogen) atoms. The molecule has 4 aliphatic rings. The number of fused-ring (bicyclic) bond motifs is 5. The lowest BCUT2D eigenvalue weighted by Gasteiger charge is -2.55. The number of ether oxygens (including phenoxy) is 1. The molecule has 4 aliphatic carbocycles. The van der Waals surface area contributed by atoms with Gasteiger partial charge in [-0.15, -0.1) is 0 Å². The van der Waals surface area contributed by atoms with Crippen molar-refractivity contribution in [1.82, 2.24) is 0 Å². The van der Waals surface area contributed by atoms with Crippen molar-refractivity contribution >= 4 is 5.97 Å². The van der Waals surface area contributed by atoms with Crippen LogP contribution in [0.2, 0.25) is 0 Å². The summed E-state index contributed by atoms with van der Waals surface area (Å²) in [5.41, 5.74) is 1.95. The summed E-state index contributed by atoms with van der Waals surface area (Å²) in [7, 11) is 0. The molecule has 2 N–H and O–H groups in total. The fraction of sp³-hybridized carbons (Fsp3) is 0.727. The monoisotopic (exact) mass is 508 g/mol. The number of phenols is 2. The molecule has 0 aliphatic heterocycles.